The van der Waals surface area contributed by atoms with Gasteiger partial charge >= 0.3 is 0 Å². The third-order valence-corrected chi connectivity index (χ3v) is 11.0. The lowest BCUT2D eigenvalue weighted by Gasteiger charge is -2.10. The molecule has 0 aliphatic heterocycles. The third-order valence-electron chi connectivity index (χ3n) is 5.93. The maximum absolute atomic E-state index is 2.47. The third kappa shape index (κ3) is 2.38. The largest absolute Gasteiger partial charge is 0.140 e. The first-order valence-electron chi connectivity index (χ1n) is 9.65. The molecule has 1 aromatic carbocycles. The van der Waals surface area contributed by atoms with Crippen molar-refractivity contribution in [3.63, 3.8) is 0 Å². The molecule has 4 heterocycles. The maximum atomic E-state index is 2.47. The Labute approximate surface area is 181 Å². The maximum Gasteiger partial charge on any atom is 0.0484 e. The first-order chi connectivity index (χ1) is 13.5. The molecule has 1 aliphatic carbocycles. The Morgan fingerprint density at radius 2 is 1.14 bits per heavy atom. The fourth-order valence-corrected chi connectivity index (χ4v) is 9.39. The Bertz CT molecular complexity index is 1340. The van der Waals surface area contributed by atoms with E-state index in [0.717, 1.165) is 0 Å². The molecule has 0 saturated heterocycles. The van der Waals surface area contributed by atoms with E-state index in [-0.39, 0.29) is 0 Å². The van der Waals surface area contributed by atoms with Crippen molar-refractivity contribution in [1.82, 2.24) is 0 Å². The average molecular weight is 437 g/mol. The van der Waals surface area contributed by atoms with Crippen LogP contribution >= 0.6 is 45.3 Å². The van der Waals surface area contributed by atoms with E-state index in [0.29, 0.717) is 0 Å². The molecule has 0 radical (unpaired) electrons. The van der Waals surface area contributed by atoms with Crippen LogP contribution in [0.25, 0.3) is 39.7 Å². The van der Waals surface area contributed by atoms with Gasteiger partial charge in [-0.25, -0.2) is 0 Å². The second-order valence-electron chi connectivity index (χ2n) is 7.88. The molecule has 1 aliphatic rings. The van der Waals surface area contributed by atoms with E-state index in [1.165, 1.54) is 73.4 Å². The van der Waals surface area contributed by atoms with Crippen LogP contribution in [-0.4, -0.2) is 0 Å². The summed E-state index contributed by atoms with van der Waals surface area (Å²) in [6.07, 6.45) is 2.38. The molecule has 0 spiro atoms. The van der Waals surface area contributed by atoms with E-state index in [2.05, 4.69) is 52.0 Å². The highest BCUT2D eigenvalue weighted by Gasteiger charge is 2.23. The summed E-state index contributed by atoms with van der Waals surface area (Å²) >= 11 is 7.90. The molecule has 5 aromatic rings. The predicted octanol–water partition coefficient (Wildman–Crippen LogP) is 8.91. The first kappa shape index (κ1) is 17.4. The number of rotatable bonds is 1. The second-order valence-corrected chi connectivity index (χ2v) is 12.5. The van der Waals surface area contributed by atoms with Gasteiger partial charge in [0.2, 0.25) is 0 Å². The molecule has 0 bridgehead atoms. The summed E-state index contributed by atoms with van der Waals surface area (Å²) in [6, 6.07) is 9.68. The zero-order chi connectivity index (χ0) is 19.2. The van der Waals surface area contributed by atoms with Gasteiger partial charge in [0.05, 0.1) is 0 Å². The van der Waals surface area contributed by atoms with Crippen molar-refractivity contribution in [2.75, 3.05) is 0 Å². The van der Waals surface area contributed by atoms with Crippen LogP contribution in [-0.2, 0) is 12.8 Å². The standard InChI is InChI=1S/C24H20S4/c1-11-7-15-5-6-16-9-19(28-24(16)23(15)26-11)20-10-18-14(4)21-17(8-12(2)25-21)13(3)22(18)27-20/h7-10H,5-6H2,1-4H3. The minimum absolute atomic E-state index is 1.19. The van der Waals surface area contributed by atoms with Crippen molar-refractivity contribution in [1.29, 1.82) is 0 Å². The normalized spacial score (nSPS) is 13.4. The Morgan fingerprint density at radius 3 is 1.93 bits per heavy atom. The molecule has 6 rings (SSSR count). The van der Waals surface area contributed by atoms with E-state index >= 15 is 0 Å². The van der Waals surface area contributed by atoms with Crippen LogP contribution in [0, 0.1) is 27.7 Å². The Balaban J connectivity index is 1.56. The number of hydrogen-bond donors (Lipinski definition) is 0. The van der Waals surface area contributed by atoms with Crippen molar-refractivity contribution in [3.05, 3.63) is 56.3 Å². The molecule has 0 saturated carbocycles. The molecule has 0 amide bonds. The molecule has 0 unspecified atom stereocenters. The smallest absolute Gasteiger partial charge is 0.0484 e. The number of benzene rings is 1. The van der Waals surface area contributed by atoms with Crippen molar-refractivity contribution in [2.45, 2.75) is 40.5 Å². The highest BCUT2D eigenvalue weighted by Crippen LogP contribution is 2.49. The summed E-state index contributed by atoms with van der Waals surface area (Å²) in [5.74, 6) is 0. The molecule has 0 nitrogen and oxygen atoms in total. The van der Waals surface area contributed by atoms with E-state index in [9.17, 15) is 0 Å². The molecular weight excluding hydrogens is 417 g/mol. The van der Waals surface area contributed by atoms with Gasteiger partial charge in [0.15, 0.2) is 0 Å². The zero-order valence-electron chi connectivity index (χ0n) is 16.4. The van der Waals surface area contributed by atoms with Crippen LogP contribution in [0.2, 0.25) is 0 Å². The SMILES string of the molecule is Cc1cc2c(s1)-c1sc(-c3cc4c(C)c5sc(C)cc5c(C)c4s3)cc1CC2. The molecule has 0 atom stereocenters. The Kier molecular flexibility index (Phi) is 3.74. The topological polar surface area (TPSA) is 0 Å². The number of hydrogen-bond acceptors (Lipinski definition) is 4. The van der Waals surface area contributed by atoms with Crippen LogP contribution in [0.3, 0.4) is 0 Å². The summed E-state index contributed by atoms with van der Waals surface area (Å²) in [5.41, 5.74) is 6.02. The summed E-state index contributed by atoms with van der Waals surface area (Å²) in [4.78, 5) is 8.79. The van der Waals surface area contributed by atoms with Gasteiger partial charge in [-0.1, -0.05) is 0 Å². The summed E-state index contributed by atoms with van der Waals surface area (Å²) in [7, 11) is 0. The van der Waals surface area contributed by atoms with E-state index in [1.54, 1.807) is 11.1 Å². The van der Waals surface area contributed by atoms with Crippen LogP contribution in [0.5, 0.6) is 0 Å². The van der Waals surface area contributed by atoms with Gasteiger partial charge in [-0.05, 0) is 97.8 Å². The van der Waals surface area contributed by atoms with Crippen molar-refractivity contribution < 1.29 is 0 Å². The van der Waals surface area contributed by atoms with Gasteiger partial charge in [0.25, 0.3) is 0 Å². The highest BCUT2D eigenvalue weighted by molar-refractivity contribution is 7.29. The van der Waals surface area contributed by atoms with Crippen LogP contribution in [0.1, 0.15) is 32.0 Å². The number of fused-ring (bicyclic) bond motifs is 5. The minimum Gasteiger partial charge on any atom is -0.140 e. The molecule has 28 heavy (non-hydrogen) atoms. The Morgan fingerprint density at radius 1 is 0.571 bits per heavy atom. The molecule has 4 heteroatoms. The van der Waals surface area contributed by atoms with Crippen LogP contribution in [0.15, 0.2) is 24.3 Å². The summed E-state index contributed by atoms with van der Waals surface area (Å²) in [5, 5.41) is 2.90. The van der Waals surface area contributed by atoms with E-state index in [1.807, 2.05) is 45.3 Å². The van der Waals surface area contributed by atoms with E-state index < -0.39 is 0 Å². The molecule has 140 valence electrons. The van der Waals surface area contributed by atoms with Crippen molar-refractivity contribution in [2.24, 2.45) is 0 Å². The first-order valence-corrected chi connectivity index (χ1v) is 12.9. The van der Waals surface area contributed by atoms with Crippen molar-refractivity contribution in [3.8, 4) is 19.5 Å². The van der Waals surface area contributed by atoms with Crippen LogP contribution in [0.4, 0.5) is 0 Å². The van der Waals surface area contributed by atoms with Gasteiger partial charge in [0, 0.05) is 38.7 Å². The van der Waals surface area contributed by atoms with Gasteiger partial charge in [-0.3, -0.25) is 0 Å². The van der Waals surface area contributed by atoms with E-state index in [4.69, 9.17) is 0 Å². The van der Waals surface area contributed by atoms with Crippen molar-refractivity contribution >= 4 is 65.5 Å². The number of thiophene rings is 4. The second kappa shape index (κ2) is 6.02. The fraction of sp³-hybridized carbons (Fsp3) is 0.250. The molecular formula is C24H20S4. The predicted molar refractivity (Wildman–Crippen MR) is 130 cm³/mol. The highest BCUT2D eigenvalue weighted by atomic mass is 32.1. The average Bonchev–Trinajstić information content (AvgIpc) is 3.41. The van der Waals surface area contributed by atoms with Gasteiger partial charge < -0.3 is 0 Å². The molecule has 0 fully saturated rings. The zero-order valence-corrected chi connectivity index (χ0v) is 19.6. The minimum atomic E-state index is 1.19. The lowest BCUT2D eigenvalue weighted by molar-refractivity contribution is 0.957. The lowest BCUT2D eigenvalue weighted by Crippen LogP contribution is -1.96. The van der Waals surface area contributed by atoms with Gasteiger partial charge in [-0.15, -0.1) is 45.3 Å². The fourth-order valence-electron chi connectivity index (χ4n) is 4.53. The summed E-state index contributed by atoms with van der Waals surface area (Å²) in [6.45, 7) is 9.06. The van der Waals surface area contributed by atoms with Gasteiger partial charge in [-0.2, -0.15) is 0 Å². The Hall–Kier alpha value is -1.46. The molecule has 0 N–H and O–H groups in total. The quantitative estimate of drug-likeness (QED) is 0.246. The summed E-state index contributed by atoms with van der Waals surface area (Å²) < 4.78 is 2.94. The molecule has 4 aromatic heterocycles. The number of aryl methyl sites for hydroxylation is 6. The van der Waals surface area contributed by atoms with Gasteiger partial charge in [0.1, 0.15) is 0 Å². The van der Waals surface area contributed by atoms with Crippen LogP contribution < -0.4 is 0 Å². The monoisotopic (exact) mass is 436 g/mol. The lowest BCUT2D eigenvalue weighted by atomic mass is 9.97.